The zero-order chi connectivity index (χ0) is 23.4. The molecule has 3 nitrogen and oxygen atoms in total. The Labute approximate surface area is 202 Å². The molecular weight excluding hydrogens is 434 g/mol. The molecule has 1 aromatic heterocycles. The normalized spacial score (nSPS) is 19.7. The van der Waals surface area contributed by atoms with Gasteiger partial charge < -0.3 is 9.73 Å². The average molecular weight is 474 g/mol. The van der Waals surface area contributed by atoms with Gasteiger partial charge in [-0.3, -0.25) is 4.79 Å². The third-order valence-corrected chi connectivity index (χ3v) is 9.00. The van der Waals surface area contributed by atoms with Crippen molar-refractivity contribution >= 4 is 29.4 Å². The van der Waals surface area contributed by atoms with Gasteiger partial charge in [0, 0.05) is 15.4 Å². The number of hydrogen-bond donors (Lipinski definition) is 1. The molecule has 5 heteroatoms. The summed E-state index contributed by atoms with van der Waals surface area (Å²) in [4.78, 5) is 13.8. The lowest BCUT2D eigenvalue weighted by molar-refractivity contribution is -0.118. The van der Waals surface area contributed by atoms with E-state index in [9.17, 15) is 4.79 Å². The van der Waals surface area contributed by atoms with Gasteiger partial charge >= 0.3 is 0 Å². The van der Waals surface area contributed by atoms with E-state index in [0.717, 1.165) is 5.76 Å². The highest BCUT2D eigenvalue weighted by atomic mass is 32.2. The lowest BCUT2D eigenvalue weighted by Crippen LogP contribution is -2.29. The van der Waals surface area contributed by atoms with Gasteiger partial charge in [0.15, 0.2) is 0 Å². The van der Waals surface area contributed by atoms with Crippen LogP contribution in [0.15, 0.2) is 45.9 Å². The number of hydrogen-bond acceptors (Lipinski definition) is 4. The topological polar surface area (TPSA) is 42.2 Å². The van der Waals surface area contributed by atoms with Crippen LogP contribution < -0.4 is 5.32 Å². The Bertz CT molecular complexity index is 846. The van der Waals surface area contributed by atoms with E-state index in [0.29, 0.717) is 22.8 Å². The molecule has 1 N–H and O–H groups in total. The van der Waals surface area contributed by atoms with E-state index in [2.05, 4.69) is 65.1 Å². The number of rotatable bonds is 7. The van der Waals surface area contributed by atoms with Crippen molar-refractivity contribution < 1.29 is 9.21 Å². The van der Waals surface area contributed by atoms with Crippen molar-refractivity contribution in [3.8, 4) is 0 Å². The van der Waals surface area contributed by atoms with Crippen molar-refractivity contribution in [3.63, 3.8) is 0 Å². The fourth-order valence-corrected chi connectivity index (χ4v) is 6.79. The summed E-state index contributed by atoms with van der Waals surface area (Å²) in [5.74, 6) is 1.39. The maximum absolute atomic E-state index is 12.4. The van der Waals surface area contributed by atoms with Crippen LogP contribution >= 0.6 is 23.5 Å². The van der Waals surface area contributed by atoms with Gasteiger partial charge in [0.25, 0.3) is 0 Å². The van der Waals surface area contributed by atoms with E-state index in [-0.39, 0.29) is 16.7 Å². The van der Waals surface area contributed by atoms with E-state index in [4.69, 9.17) is 4.42 Å². The van der Waals surface area contributed by atoms with Crippen molar-refractivity contribution in [2.75, 3.05) is 5.75 Å². The van der Waals surface area contributed by atoms with E-state index in [1.54, 1.807) is 6.26 Å². The smallest absolute Gasteiger partial charge is 0.230 e. The first-order valence-electron chi connectivity index (χ1n) is 11.8. The van der Waals surface area contributed by atoms with E-state index in [1.165, 1.54) is 41.7 Å². The Morgan fingerprint density at radius 3 is 2.19 bits per heavy atom. The van der Waals surface area contributed by atoms with Gasteiger partial charge in [0.1, 0.15) is 5.76 Å². The lowest BCUT2D eigenvalue weighted by Gasteiger charge is -2.32. The quantitative estimate of drug-likeness (QED) is 0.457. The molecule has 0 saturated heterocycles. The summed E-state index contributed by atoms with van der Waals surface area (Å²) in [5.41, 5.74) is 3.07. The van der Waals surface area contributed by atoms with Gasteiger partial charge in [-0.25, -0.2) is 0 Å². The second kappa shape index (κ2) is 10.7. The van der Waals surface area contributed by atoms with Gasteiger partial charge in [-0.15, -0.1) is 23.5 Å². The Morgan fingerprint density at radius 1 is 1.00 bits per heavy atom. The molecule has 1 aliphatic rings. The van der Waals surface area contributed by atoms with Crippen LogP contribution in [0.2, 0.25) is 0 Å². The minimum absolute atomic E-state index is 0.0884. The molecule has 1 amide bonds. The molecule has 1 saturated carbocycles. The SMILES string of the molecule is CC(C)(C)c1cc(S[C@@H]2CCCC[C@H]2SCC(=O)NCc2ccco2)cc(C(C)(C)C)c1. The van der Waals surface area contributed by atoms with Gasteiger partial charge in [-0.1, -0.05) is 60.5 Å². The third-order valence-electron chi connectivity index (χ3n) is 6.04. The Balaban J connectivity index is 1.66. The first-order valence-corrected chi connectivity index (χ1v) is 13.7. The number of carbonyl (C=O) groups excluding carboxylic acids is 1. The number of thioether (sulfide) groups is 2. The van der Waals surface area contributed by atoms with Crippen LogP contribution in [0.4, 0.5) is 0 Å². The Morgan fingerprint density at radius 2 is 1.62 bits per heavy atom. The number of furan rings is 1. The van der Waals surface area contributed by atoms with Crippen molar-refractivity contribution in [2.24, 2.45) is 0 Å². The number of amides is 1. The molecule has 2 aromatic rings. The molecule has 32 heavy (non-hydrogen) atoms. The van der Waals surface area contributed by atoms with Crippen LogP contribution in [0.5, 0.6) is 0 Å². The van der Waals surface area contributed by atoms with Crippen LogP contribution in [0, 0.1) is 0 Å². The predicted octanol–water partition coefficient (Wildman–Crippen LogP) is 7.33. The predicted molar refractivity (Wildman–Crippen MR) is 139 cm³/mol. The molecule has 176 valence electrons. The summed E-state index contributed by atoms with van der Waals surface area (Å²) in [7, 11) is 0. The molecule has 1 aromatic carbocycles. The standard InChI is InChI=1S/C27H39NO2S2/c1-26(2,3)19-14-20(27(4,5)6)16-22(15-19)32-24-12-8-7-11-23(24)31-18-25(29)28-17-21-10-9-13-30-21/h9-10,13-16,23-24H,7-8,11-12,17-18H2,1-6H3,(H,28,29)/t23-,24-/m1/s1. The lowest BCUT2D eigenvalue weighted by atomic mass is 9.81. The van der Waals surface area contributed by atoms with Crippen LogP contribution in [0.3, 0.4) is 0 Å². The maximum atomic E-state index is 12.4. The summed E-state index contributed by atoms with van der Waals surface area (Å²) in [6, 6.07) is 10.9. The summed E-state index contributed by atoms with van der Waals surface area (Å²) in [5, 5.41) is 4.04. The van der Waals surface area contributed by atoms with Crippen LogP contribution in [-0.4, -0.2) is 22.2 Å². The van der Waals surface area contributed by atoms with Crippen LogP contribution in [0.25, 0.3) is 0 Å². The molecule has 0 unspecified atom stereocenters. The fourth-order valence-electron chi connectivity index (χ4n) is 3.93. The zero-order valence-electron chi connectivity index (χ0n) is 20.5. The number of carbonyl (C=O) groups is 1. The molecule has 3 rings (SSSR count). The highest BCUT2D eigenvalue weighted by Gasteiger charge is 2.28. The molecule has 1 fully saturated rings. The third kappa shape index (κ3) is 7.34. The summed E-state index contributed by atoms with van der Waals surface area (Å²) < 4.78 is 5.30. The second-order valence-corrected chi connectivity index (χ2v) is 13.4. The maximum Gasteiger partial charge on any atom is 0.230 e. The number of benzene rings is 1. The van der Waals surface area contributed by atoms with Gasteiger partial charge in [0.2, 0.25) is 5.91 Å². The van der Waals surface area contributed by atoms with E-state index in [1.807, 2.05) is 35.7 Å². The van der Waals surface area contributed by atoms with E-state index >= 15 is 0 Å². The zero-order valence-corrected chi connectivity index (χ0v) is 22.1. The van der Waals surface area contributed by atoms with Crippen LogP contribution in [-0.2, 0) is 22.2 Å². The molecule has 0 aliphatic heterocycles. The molecule has 2 atom stereocenters. The Hall–Kier alpha value is -1.33. The van der Waals surface area contributed by atoms with Gasteiger partial charge in [-0.05, 0) is 59.1 Å². The van der Waals surface area contributed by atoms with Crippen molar-refractivity contribution in [2.45, 2.75) is 100.0 Å². The van der Waals surface area contributed by atoms with Crippen molar-refractivity contribution in [3.05, 3.63) is 53.5 Å². The summed E-state index contributed by atoms with van der Waals surface area (Å²) >= 11 is 3.85. The van der Waals surface area contributed by atoms with E-state index < -0.39 is 0 Å². The second-order valence-electron chi connectivity index (χ2n) is 10.9. The minimum Gasteiger partial charge on any atom is -0.467 e. The van der Waals surface area contributed by atoms with Gasteiger partial charge in [0.05, 0.1) is 18.6 Å². The van der Waals surface area contributed by atoms with Crippen molar-refractivity contribution in [1.29, 1.82) is 0 Å². The first-order chi connectivity index (χ1) is 15.0. The average Bonchev–Trinajstić information content (AvgIpc) is 3.24. The highest BCUT2D eigenvalue weighted by molar-refractivity contribution is 8.04. The summed E-state index contributed by atoms with van der Waals surface area (Å²) in [6.07, 6.45) is 6.60. The molecule has 0 spiro atoms. The minimum atomic E-state index is 0.0884. The molecule has 1 heterocycles. The number of nitrogens with one attached hydrogen (secondary N) is 1. The highest BCUT2D eigenvalue weighted by Crippen LogP contribution is 2.42. The molecule has 1 aliphatic carbocycles. The Kier molecular flexibility index (Phi) is 8.48. The molecular formula is C27H39NO2S2. The molecule has 0 bridgehead atoms. The van der Waals surface area contributed by atoms with Crippen LogP contribution in [0.1, 0.15) is 84.1 Å². The fraction of sp³-hybridized carbons (Fsp3) is 0.593. The van der Waals surface area contributed by atoms with Crippen molar-refractivity contribution in [1.82, 2.24) is 5.32 Å². The monoisotopic (exact) mass is 473 g/mol. The summed E-state index contributed by atoms with van der Waals surface area (Å²) in [6.45, 7) is 14.2. The molecule has 0 radical (unpaired) electrons. The van der Waals surface area contributed by atoms with Gasteiger partial charge in [-0.2, -0.15) is 0 Å². The largest absolute Gasteiger partial charge is 0.467 e. The first kappa shape index (κ1) is 25.3.